The standard InChI is InChI=1S/C15H16FN3O2/c16-12-4-2-11(3-5-12)6-7-17-14(20)13-10-18-19-8-1-9-21-15(13)19/h2-5,10H,1,6-9H2,(H,17,20). The van der Waals surface area contributed by atoms with Gasteiger partial charge in [0.15, 0.2) is 0 Å². The maximum Gasteiger partial charge on any atom is 0.258 e. The molecule has 2 aromatic rings. The second kappa shape index (κ2) is 5.95. The number of fused-ring (bicyclic) bond motifs is 1. The molecule has 1 amide bonds. The van der Waals surface area contributed by atoms with Crippen LogP contribution < -0.4 is 10.1 Å². The Labute approximate surface area is 121 Å². The first-order valence-corrected chi connectivity index (χ1v) is 6.95. The van der Waals surface area contributed by atoms with Gasteiger partial charge in [0.1, 0.15) is 11.4 Å². The number of carbonyl (C=O) groups excluding carboxylic acids is 1. The number of benzene rings is 1. The van der Waals surface area contributed by atoms with Gasteiger partial charge in [-0.1, -0.05) is 12.1 Å². The van der Waals surface area contributed by atoms with Gasteiger partial charge < -0.3 is 10.1 Å². The number of aryl methyl sites for hydroxylation is 1. The van der Waals surface area contributed by atoms with E-state index in [4.69, 9.17) is 4.74 Å². The molecular formula is C15H16FN3O2. The van der Waals surface area contributed by atoms with Crippen LogP contribution >= 0.6 is 0 Å². The summed E-state index contributed by atoms with van der Waals surface area (Å²) in [5.74, 6) is 0.0900. The average Bonchev–Trinajstić information content (AvgIpc) is 2.93. The molecule has 1 aliphatic rings. The summed E-state index contributed by atoms with van der Waals surface area (Å²) in [5.41, 5.74) is 1.44. The maximum atomic E-state index is 12.8. The number of nitrogens with zero attached hydrogens (tertiary/aromatic N) is 2. The third-order valence-electron chi connectivity index (χ3n) is 3.40. The van der Waals surface area contributed by atoms with E-state index in [9.17, 15) is 9.18 Å². The minimum atomic E-state index is -0.258. The lowest BCUT2D eigenvalue weighted by atomic mass is 10.1. The van der Waals surface area contributed by atoms with E-state index in [0.29, 0.717) is 31.0 Å². The van der Waals surface area contributed by atoms with Crippen LogP contribution in [0.5, 0.6) is 5.88 Å². The number of rotatable bonds is 4. The van der Waals surface area contributed by atoms with Crippen molar-refractivity contribution in [3.05, 3.63) is 47.4 Å². The van der Waals surface area contributed by atoms with Gasteiger partial charge in [-0.25, -0.2) is 9.07 Å². The maximum absolute atomic E-state index is 12.8. The summed E-state index contributed by atoms with van der Waals surface area (Å²) in [7, 11) is 0. The fraction of sp³-hybridized carbons (Fsp3) is 0.333. The minimum Gasteiger partial charge on any atom is -0.477 e. The molecule has 1 aromatic heterocycles. The topological polar surface area (TPSA) is 56.2 Å². The van der Waals surface area contributed by atoms with Crippen LogP contribution in [0.25, 0.3) is 0 Å². The first-order chi connectivity index (χ1) is 10.2. The highest BCUT2D eigenvalue weighted by molar-refractivity contribution is 5.96. The van der Waals surface area contributed by atoms with Gasteiger partial charge in [-0.15, -0.1) is 0 Å². The van der Waals surface area contributed by atoms with Crippen molar-refractivity contribution in [2.45, 2.75) is 19.4 Å². The number of nitrogens with one attached hydrogen (secondary N) is 1. The largest absolute Gasteiger partial charge is 0.477 e. The Morgan fingerprint density at radius 1 is 1.38 bits per heavy atom. The van der Waals surface area contributed by atoms with Crippen LogP contribution in [0.15, 0.2) is 30.5 Å². The van der Waals surface area contributed by atoms with E-state index in [1.165, 1.54) is 18.3 Å². The molecule has 21 heavy (non-hydrogen) atoms. The molecule has 0 saturated carbocycles. The molecule has 0 spiro atoms. The van der Waals surface area contributed by atoms with Gasteiger partial charge in [0, 0.05) is 19.5 Å². The van der Waals surface area contributed by atoms with Crippen LogP contribution in [-0.2, 0) is 13.0 Å². The lowest BCUT2D eigenvalue weighted by Crippen LogP contribution is -2.26. The molecule has 6 heteroatoms. The van der Waals surface area contributed by atoms with Crippen molar-refractivity contribution in [1.29, 1.82) is 0 Å². The van der Waals surface area contributed by atoms with Crippen LogP contribution in [0.3, 0.4) is 0 Å². The summed E-state index contributed by atoms with van der Waals surface area (Å²) in [5, 5.41) is 6.98. The summed E-state index contributed by atoms with van der Waals surface area (Å²) in [6, 6.07) is 6.26. The van der Waals surface area contributed by atoms with Gasteiger partial charge in [-0.2, -0.15) is 5.10 Å². The smallest absolute Gasteiger partial charge is 0.258 e. The highest BCUT2D eigenvalue weighted by atomic mass is 19.1. The highest BCUT2D eigenvalue weighted by Crippen LogP contribution is 2.21. The minimum absolute atomic E-state index is 0.194. The fourth-order valence-electron chi connectivity index (χ4n) is 2.29. The first-order valence-electron chi connectivity index (χ1n) is 6.95. The molecule has 1 N–H and O–H groups in total. The summed E-state index contributed by atoms with van der Waals surface area (Å²) < 4.78 is 20.0. The Kier molecular flexibility index (Phi) is 3.85. The third kappa shape index (κ3) is 3.04. The van der Waals surface area contributed by atoms with E-state index in [1.54, 1.807) is 16.8 Å². The number of amides is 1. The van der Waals surface area contributed by atoms with Crippen molar-refractivity contribution >= 4 is 5.91 Å². The monoisotopic (exact) mass is 289 g/mol. The van der Waals surface area contributed by atoms with Crippen molar-refractivity contribution in [3.63, 3.8) is 0 Å². The molecule has 1 aliphatic heterocycles. The molecule has 2 heterocycles. The van der Waals surface area contributed by atoms with Gasteiger partial charge in [0.05, 0.1) is 12.8 Å². The van der Waals surface area contributed by atoms with Gasteiger partial charge in [-0.05, 0) is 24.1 Å². The number of ether oxygens (including phenoxy) is 1. The van der Waals surface area contributed by atoms with Crippen molar-refractivity contribution in [2.75, 3.05) is 13.2 Å². The lowest BCUT2D eigenvalue weighted by Gasteiger charge is -2.15. The van der Waals surface area contributed by atoms with E-state index in [1.807, 2.05) is 0 Å². The second-order valence-corrected chi connectivity index (χ2v) is 4.92. The molecule has 0 atom stereocenters. The van der Waals surface area contributed by atoms with Crippen molar-refractivity contribution in [3.8, 4) is 5.88 Å². The van der Waals surface area contributed by atoms with E-state index in [-0.39, 0.29) is 11.7 Å². The van der Waals surface area contributed by atoms with Crippen LogP contribution in [0.2, 0.25) is 0 Å². The summed E-state index contributed by atoms with van der Waals surface area (Å²) in [6.45, 7) is 1.87. The number of hydrogen-bond acceptors (Lipinski definition) is 3. The molecule has 0 unspecified atom stereocenters. The molecule has 0 bridgehead atoms. The summed E-state index contributed by atoms with van der Waals surface area (Å²) in [6.07, 6.45) is 3.09. The van der Waals surface area contributed by atoms with E-state index in [2.05, 4.69) is 10.4 Å². The molecule has 3 rings (SSSR count). The first kappa shape index (κ1) is 13.6. The third-order valence-corrected chi connectivity index (χ3v) is 3.40. The SMILES string of the molecule is O=C(NCCc1ccc(F)cc1)c1cnn2c1OCCC2. The Morgan fingerprint density at radius 2 is 2.19 bits per heavy atom. The molecule has 110 valence electrons. The van der Waals surface area contributed by atoms with Gasteiger partial charge in [0.25, 0.3) is 5.91 Å². The second-order valence-electron chi connectivity index (χ2n) is 4.92. The number of halogens is 1. The van der Waals surface area contributed by atoms with Gasteiger partial charge in [0.2, 0.25) is 5.88 Å². The van der Waals surface area contributed by atoms with E-state index in [0.717, 1.165) is 18.5 Å². The quantitative estimate of drug-likeness (QED) is 0.933. The zero-order valence-corrected chi connectivity index (χ0v) is 11.5. The lowest BCUT2D eigenvalue weighted by molar-refractivity contribution is 0.0947. The fourth-order valence-corrected chi connectivity index (χ4v) is 2.29. The zero-order valence-electron chi connectivity index (χ0n) is 11.5. The van der Waals surface area contributed by atoms with Crippen molar-refractivity contribution in [1.82, 2.24) is 15.1 Å². The van der Waals surface area contributed by atoms with E-state index < -0.39 is 0 Å². The molecule has 0 saturated heterocycles. The summed E-state index contributed by atoms with van der Waals surface area (Å²) in [4.78, 5) is 12.1. The Bertz CT molecular complexity index is 637. The predicted molar refractivity (Wildman–Crippen MR) is 74.8 cm³/mol. The molecule has 0 radical (unpaired) electrons. The highest BCUT2D eigenvalue weighted by Gasteiger charge is 2.21. The Morgan fingerprint density at radius 3 is 3.00 bits per heavy atom. The number of aromatic nitrogens is 2. The van der Waals surface area contributed by atoms with Crippen LogP contribution in [0, 0.1) is 5.82 Å². The Balaban J connectivity index is 1.57. The normalized spacial score (nSPS) is 13.4. The van der Waals surface area contributed by atoms with Gasteiger partial charge in [-0.3, -0.25) is 4.79 Å². The van der Waals surface area contributed by atoms with Gasteiger partial charge >= 0.3 is 0 Å². The average molecular weight is 289 g/mol. The number of carbonyl (C=O) groups is 1. The van der Waals surface area contributed by atoms with Crippen molar-refractivity contribution in [2.24, 2.45) is 0 Å². The molecule has 1 aromatic carbocycles. The molecule has 0 fully saturated rings. The Hall–Kier alpha value is -2.37. The zero-order chi connectivity index (χ0) is 14.7. The molecular weight excluding hydrogens is 273 g/mol. The van der Waals surface area contributed by atoms with Crippen LogP contribution in [0.1, 0.15) is 22.3 Å². The predicted octanol–water partition coefficient (Wildman–Crippen LogP) is 1.78. The van der Waals surface area contributed by atoms with Crippen molar-refractivity contribution < 1.29 is 13.9 Å². The van der Waals surface area contributed by atoms with Crippen LogP contribution in [-0.4, -0.2) is 28.8 Å². The van der Waals surface area contributed by atoms with E-state index >= 15 is 0 Å². The number of hydrogen-bond donors (Lipinski definition) is 1. The van der Waals surface area contributed by atoms with Crippen LogP contribution in [0.4, 0.5) is 4.39 Å². The molecule has 0 aliphatic carbocycles. The summed E-state index contributed by atoms with van der Waals surface area (Å²) >= 11 is 0. The molecule has 5 nitrogen and oxygen atoms in total.